The molecule has 0 amide bonds. The molecule has 2 rings (SSSR count). The van der Waals surface area contributed by atoms with Gasteiger partial charge in [0.1, 0.15) is 5.82 Å². The predicted octanol–water partition coefficient (Wildman–Crippen LogP) is 3.63. The van der Waals surface area contributed by atoms with Crippen LogP contribution in [0, 0.1) is 5.82 Å². The number of aliphatic hydroxyl groups excluding tert-OH is 1. The summed E-state index contributed by atoms with van der Waals surface area (Å²) in [5.41, 5.74) is -0.886. The van der Waals surface area contributed by atoms with Crippen molar-refractivity contribution < 1.29 is 22.7 Å². The molecule has 6 heteroatoms. The van der Waals surface area contributed by atoms with E-state index in [0.717, 1.165) is 37.8 Å². The number of nitrogens with one attached hydrogen (secondary N) is 1. The van der Waals surface area contributed by atoms with Crippen molar-refractivity contribution in [3.05, 3.63) is 35.1 Å². The van der Waals surface area contributed by atoms with Crippen LogP contribution >= 0.6 is 0 Å². The maximum absolute atomic E-state index is 13.2. The molecule has 1 fully saturated rings. The molecule has 2 nitrogen and oxygen atoms in total. The monoisotopic (exact) mass is 305 g/mol. The summed E-state index contributed by atoms with van der Waals surface area (Å²) < 4.78 is 51.1. The SMILES string of the molecule is OC1CCCCCC1NCc1ccc(F)c(C(F)(F)F)c1. The van der Waals surface area contributed by atoms with E-state index in [1.54, 1.807) is 0 Å². The number of halogens is 4. The number of hydrogen-bond donors (Lipinski definition) is 2. The first-order valence-corrected chi connectivity index (χ1v) is 7.15. The van der Waals surface area contributed by atoms with Gasteiger partial charge in [0, 0.05) is 12.6 Å². The van der Waals surface area contributed by atoms with E-state index >= 15 is 0 Å². The van der Waals surface area contributed by atoms with Crippen LogP contribution in [0.25, 0.3) is 0 Å². The summed E-state index contributed by atoms with van der Waals surface area (Å²) in [6.07, 6.45) is -0.648. The van der Waals surface area contributed by atoms with Gasteiger partial charge in [-0.05, 0) is 30.5 Å². The second kappa shape index (κ2) is 6.75. The van der Waals surface area contributed by atoms with Gasteiger partial charge in [-0.15, -0.1) is 0 Å². The molecule has 0 spiro atoms. The quantitative estimate of drug-likeness (QED) is 0.660. The number of alkyl halides is 3. The summed E-state index contributed by atoms with van der Waals surface area (Å²) in [5, 5.41) is 13.0. The summed E-state index contributed by atoms with van der Waals surface area (Å²) in [5.74, 6) is -1.26. The smallest absolute Gasteiger partial charge is 0.392 e. The van der Waals surface area contributed by atoms with E-state index in [1.165, 1.54) is 6.07 Å². The van der Waals surface area contributed by atoms with E-state index in [0.29, 0.717) is 12.0 Å². The molecular formula is C15H19F4NO. The third-order valence-corrected chi connectivity index (χ3v) is 3.88. The number of aliphatic hydroxyl groups is 1. The Hall–Kier alpha value is -1.14. The normalized spacial score (nSPS) is 23.9. The van der Waals surface area contributed by atoms with Crippen LogP contribution in [0.5, 0.6) is 0 Å². The van der Waals surface area contributed by atoms with E-state index < -0.39 is 23.7 Å². The van der Waals surface area contributed by atoms with Crippen LogP contribution in [0.4, 0.5) is 17.6 Å². The van der Waals surface area contributed by atoms with Crippen molar-refractivity contribution in [2.24, 2.45) is 0 Å². The van der Waals surface area contributed by atoms with Crippen LogP contribution < -0.4 is 5.32 Å². The lowest BCUT2D eigenvalue weighted by atomic mass is 10.0. The van der Waals surface area contributed by atoms with E-state index in [-0.39, 0.29) is 12.6 Å². The van der Waals surface area contributed by atoms with E-state index in [1.807, 2.05) is 0 Å². The van der Waals surface area contributed by atoms with Gasteiger partial charge in [-0.2, -0.15) is 13.2 Å². The second-order valence-electron chi connectivity index (χ2n) is 5.50. The van der Waals surface area contributed by atoms with Crippen LogP contribution in [0.2, 0.25) is 0 Å². The molecule has 0 heterocycles. The van der Waals surface area contributed by atoms with Crippen LogP contribution in [-0.2, 0) is 12.7 Å². The lowest BCUT2D eigenvalue weighted by molar-refractivity contribution is -0.140. The molecule has 0 bridgehead atoms. The van der Waals surface area contributed by atoms with Crippen molar-refractivity contribution in [3.8, 4) is 0 Å². The Morgan fingerprint density at radius 2 is 1.86 bits per heavy atom. The average molecular weight is 305 g/mol. The summed E-state index contributed by atoms with van der Waals surface area (Å²) in [6, 6.07) is 2.88. The first-order chi connectivity index (χ1) is 9.88. The minimum absolute atomic E-state index is 0.119. The molecule has 21 heavy (non-hydrogen) atoms. The molecule has 0 radical (unpaired) electrons. The maximum atomic E-state index is 13.2. The Morgan fingerprint density at radius 1 is 1.14 bits per heavy atom. The molecule has 0 aromatic heterocycles. The summed E-state index contributed by atoms with van der Waals surface area (Å²) in [7, 11) is 0. The minimum Gasteiger partial charge on any atom is -0.392 e. The Bertz CT molecular complexity index is 475. The largest absolute Gasteiger partial charge is 0.419 e. The van der Waals surface area contributed by atoms with Gasteiger partial charge in [-0.25, -0.2) is 4.39 Å². The number of rotatable bonds is 3. The van der Waals surface area contributed by atoms with Gasteiger partial charge in [0.05, 0.1) is 11.7 Å². The fraction of sp³-hybridized carbons (Fsp3) is 0.600. The molecule has 1 saturated carbocycles. The van der Waals surface area contributed by atoms with Gasteiger partial charge in [0.15, 0.2) is 0 Å². The molecule has 0 saturated heterocycles. The van der Waals surface area contributed by atoms with Crippen molar-refractivity contribution >= 4 is 0 Å². The first-order valence-electron chi connectivity index (χ1n) is 7.15. The molecule has 1 aromatic rings. The lowest BCUT2D eigenvalue weighted by Crippen LogP contribution is -2.38. The van der Waals surface area contributed by atoms with Crippen LogP contribution in [-0.4, -0.2) is 17.3 Å². The van der Waals surface area contributed by atoms with Crippen molar-refractivity contribution in [1.29, 1.82) is 0 Å². The third kappa shape index (κ3) is 4.41. The Balaban J connectivity index is 2.03. The molecule has 2 unspecified atom stereocenters. The fourth-order valence-corrected chi connectivity index (χ4v) is 2.67. The first kappa shape index (κ1) is 16.2. The standard InChI is InChI=1S/C15H19F4NO/c16-12-7-6-10(8-11(12)15(17,18)19)9-20-13-4-2-1-3-5-14(13)21/h6-8,13-14,20-21H,1-5,9H2. The van der Waals surface area contributed by atoms with Crippen molar-refractivity contribution in [2.75, 3.05) is 0 Å². The number of benzene rings is 1. The van der Waals surface area contributed by atoms with Crippen molar-refractivity contribution in [2.45, 2.75) is 57.0 Å². The van der Waals surface area contributed by atoms with E-state index in [4.69, 9.17) is 0 Å². The zero-order valence-electron chi connectivity index (χ0n) is 11.6. The molecule has 1 aromatic carbocycles. The van der Waals surface area contributed by atoms with Crippen molar-refractivity contribution in [3.63, 3.8) is 0 Å². The third-order valence-electron chi connectivity index (χ3n) is 3.88. The van der Waals surface area contributed by atoms with Gasteiger partial charge < -0.3 is 10.4 Å². The molecular weight excluding hydrogens is 286 g/mol. The zero-order valence-corrected chi connectivity index (χ0v) is 11.6. The molecule has 118 valence electrons. The van der Waals surface area contributed by atoms with Crippen LogP contribution in [0.3, 0.4) is 0 Å². The molecule has 1 aliphatic rings. The second-order valence-corrected chi connectivity index (χ2v) is 5.50. The summed E-state index contributed by atoms with van der Waals surface area (Å²) >= 11 is 0. The van der Waals surface area contributed by atoms with Crippen LogP contribution in [0.1, 0.15) is 43.2 Å². The number of hydrogen-bond acceptors (Lipinski definition) is 2. The minimum atomic E-state index is -4.69. The zero-order chi connectivity index (χ0) is 15.5. The van der Waals surface area contributed by atoms with Gasteiger partial charge in [0.2, 0.25) is 0 Å². The highest BCUT2D eigenvalue weighted by molar-refractivity contribution is 5.27. The highest BCUT2D eigenvalue weighted by atomic mass is 19.4. The van der Waals surface area contributed by atoms with E-state index in [9.17, 15) is 22.7 Å². The molecule has 2 atom stereocenters. The van der Waals surface area contributed by atoms with Gasteiger partial charge in [0.25, 0.3) is 0 Å². The van der Waals surface area contributed by atoms with Gasteiger partial charge >= 0.3 is 6.18 Å². The Labute approximate surface area is 121 Å². The maximum Gasteiger partial charge on any atom is 0.419 e. The van der Waals surface area contributed by atoms with Crippen molar-refractivity contribution in [1.82, 2.24) is 5.32 Å². The fourth-order valence-electron chi connectivity index (χ4n) is 2.67. The average Bonchev–Trinajstić information content (AvgIpc) is 2.61. The Morgan fingerprint density at radius 3 is 2.57 bits per heavy atom. The topological polar surface area (TPSA) is 32.3 Å². The molecule has 0 aliphatic heterocycles. The van der Waals surface area contributed by atoms with Crippen LogP contribution in [0.15, 0.2) is 18.2 Å². The van der Waals surface area contributed by atoms with E-state index in [2.05, 4.69) is 5.32 Å². The highest BCUT2D eigenvalue weighted by Gasteiger charge is 2.34. The molecule has 1 aliphatic carbocycles. The highest BCUT2D eigenvalue weighted by Crippen LogP contribution is 2.32. The lowest BCUT2D eigenvalue weighted by Gasteiger charge is -2.22. The summed E-state index contributed by atoms with van der Waals surface area (Å²) in [6.45, 7) is 0.186. The van der Waals surface area contributed by atoms with Gasteiger partial charge in [-0.1, -0.05) is 25.3 Å². The van der Waals surface area contributed by atoms with Gasteiger partial charge in [-0.3, -0.25) is 0 Å². The predicted molar refractivity (Wildman–Crippen MR) is 71.1 cm³/mol. The Kier molecular flexibility index (Phi) is 5.22. The molecule has 2 N–H and O–H groups in total. The summed E-state index contributed by atoms with van der Waals surface area (Å²) in [4.78, 5) is 0.